The fourth-order valence-electron chi connectivity index (χ4n) is 1.88. The normalized spacial score (nSPS) is 12.6. The molecule has 2 N–H and O–H groups in total. The second kappa shape index (κ2) is 6.36. The highest BCUT2D eigenvalue weighted by molar-refractivity contribution is 5.85. The first-order chi connectivity index (χ1) is 9.30. The fraction of sp³-hybridized carbons (Fsp3) is 0.500. The number of carboxylic acid groups (broad SMARTS) is 1. The van der Waals surface area contributed by atoms with Crippen molar-refractivity contribution in [1.29, 1.82) is 0 Å². The molecule has 1 aromatic heterocycles. The number of aliphatic carboxylic acids is 1. The molecule has 0 fully saturated rings. The lowest BCUT2D eigenvalue weighted by atomic mass is 10.0. The van der Waals surface area contributed by atoms with Crippen LogP contribution in [-0.2, 0) is 4.79 Å². The van der Waals surface area contributed by atoms with Gasteiger partial charge in [0.15, 0.2) is 0 Å². The largest absolute Gasteiger partial charge is 0.480 e. The summed E-state index contributed by atoms with van der Waals surface area (Å²) in [7, 11) is 0. The highest BCUT2D eigenvalue weighted by Gasteiger charge is 2.37. The van der Waals surface area contributed by atoms with Crippen LogP contribution in [-0.4, -0.2) is 39.1 Å². The van der Waals surface area contributed by atoms with Gasteiger partial charge in [-0.3, -0.25) is 4.98 Å². The Morgan fingerprint density at radius 2 is 2.10 bits per heavy atom. The summed E-state index contributed by atoms with van der Waals surface area (Å²) in [6, 6.07) is 4.73. The molecule has 6 heteroatoms. The van der Waals surface area contributed by atoms with E-state index in [1.54, 1.807) is 19.2 Å². The molecule has 0 aromatic carbocycles. The summed E-state index contributed by atoms with van der Waals surface area (Å²) >= 11 is 0. The third-order valence-electron chi connectivity index (χ3n) is 3.23. The van der Waals surface area contributed by atoms with E-state index in [0.717, 1.165) is 5.69 Å². The molecular weight excluding hydrogens is 258 g/mol. The van der Waals surface area contributed by atoms with Gasteiger partial charge in [-0.1, -0.05) is 6.07 Å². The lowest BCUT2D eigenvalue weighted by Crippen LogP contribution is -2.56. The quantitative estimate of drug-likeness (QED) is 0.864. The number of aromatic nitrogens is 1. The highest BCUT2D eigenvalue weighted by Crippen LogP contribution is 2.16. The molecule has 1 aromatic rings. The van der Waals surface area contributed by atoms with Gasteiger partial charge in [0, 0.05) is 12.7 Å². The first kappa shape index (κ1) is 15.9. The summed E-state index contributed by atoms with van der Waals surface area (Å²) in [6.45, 7) is 6.87. The molecule has 0 aliphatic carbocycles. The summed E-state index contributed by atoms with van der Waals surface area (Å²) in [6.07, 6.45) is 1.65. The standard InChI is InChI=1S/C14H21N3O3/c1-5-17(14(3,4)12(18)19)13(20)16-10(2)11-8-6-7-9-15-11/h6-10H,5H2,1-4H3,(H,16,20)(H,18,19). The molecule has 0 saturated carbocycles. The number of nitrogens with zero attached hydrogens (tertiary/aromatic N) is 2. The monoisotopic (exact) mass is 279 g/mol. The molecule has 0 radical (unpaired) electrons. The second-order valence-corrected chi connectivity index (χ2v) is 5.03. The van der Waals surface area contributed by atoms with Gasteiger partial charge in [0.2, 0.25) is 0 Å². The summed E-state index contributed by atoms with van der Waals surface area (Å²) in [5, 5.41) is 12.0. The number of urea groups is 1. The van der Waals surface area contributed by atoms with Crippen LogP contribution in [0.4, 0.5) is 4.79 Å². The van der Waals surface area contributed by atoms with Gasteiger partial charge in [-0.05, 0) is 39.8 Å². The Kier molecular flexibility index (Phi) is 5.07. The minimum Gasteiger partial charge on any atom is -0.480 e. The van der Waals surface area contributed by atoms with Crippen molar-refractivity contribution < 1.29 is 14.7 Å². The van der Waals surface area contributed by atoms with Gasteiger partial charge in [-0.15, -0.1) is 0 Å². The van der Waals surface area contributed by atoms with E-state index in [4.69, 9.17) is 0 Å². The fourth-order valence-corrected chi connectivity index (χ4v) is 1.88. The van der Waals surface area contributed by atoms with Crippen molar-refractivity contribution >= 4 is 12.0 Å². The third kappa shape index (κ3) is 3.46. The lowest BCUT2D eigenvalue weighted by molar-refractivity contribution is -0.147. The maximum Gasteiger partial charge on any atom is 0.329 e. The van der Waals surface area contributed by atoms with Crippen molar-refractivity contribution in [3.8, 4) is 0 Å². The van der Waals surface area contributed by atoms with Crippen molar-refractivity contribution in [2.45, 2.75) is 39.3 Å². The van der Waals surface area contributed by atoms with Gasteiger partial charge in [-0.25, -0.2) is 9.59 Å². The van der Waals surface area contributed by atoms with Gasteiger partial charge in [-0.2, -0.15) is 0 Å². The van der Waals surface area contributed by atoms with E-state index in [1.165, 1.54) is 18.7 Å². The minimum absolute atomic E-state index is 0.289. The number of pyridine rings is 1. The van der Waals surface area contributed by atoms with Crippen LogP contribution in [0.15, 0.2) is 24.4 Å². The average Bonchev–Trinajstić information content (AvgIpc) is 2.39. The molecule has 110 valence electrons. The Morgan fingerprint density at radius 1 is 1.45 bits per heavy atom. The number of carbonyl (C=O) groups is 2. The van der Waals surface area contributed by atoms with Crippen LogP contribution in [0.3, 0.4) is 0 Å². The Hall–Kier alpha value is -2.11. The molecule has 1 rings (SSSR count). The van der Waals surface area contributed by atoms with Gasteiger partial charge in [0.1, 0.15) is 5.54 Å². The van der Waals surface area contributed by atoms with Crippen molar-refractivity contribution in [2.24, 2.45) is 0 Å². The molecule has 0 saturated heterocycles. The molecule has 6 nitrogen and oxygen atoms in total. The predicted octanol–water partition coefficient (Wildman–Crippen LogP) is 2.04. The van der Waals surface area contributed by atoms with Gasteiger partial charge in [0.25, 0.3) is 0 Å². The Balaban J connectivity index is 2.81. The molecule has 2 amide bonds. The van der Waals surface area contributed by atoms with Crippen LogP contribution >= 0.6 is 0 Å². The number of hydrogen-bond donors (Lipinski definition) is 2. The van der Waals surface area contributed by atoms with E-state index in [0.29, 0.717) is 6.54 Å². The smallest absolute Gasteiger partial charge is 0.329 e. The Labute approximate surface area is 118 Å². The molecule has 0 bridgehead atoms. The molecule has 0 aliphatic heterocycles. The summed E-state index contributed by atoms with van der Waals surface area (Å²) in [5.41, 5.74) is -0.534. The molecule has 1 heterocycles. The van der Waals surface area contributed by atoms with Crippen molar-refractivity contribution in [2.75, 3.05) is 6.54 Å². The highest BCUT2D eigenvalue weighted by atomic mass is 16.4. The van der Waals surface area contributed by atoms with Gasteiger partial charge < -0.3 is 15.3 Å². The minimum atomic E-state index is -1.26. The molecule has 1 atom stereocenters. The van der Waals surface area contributed by atoms with Crippen LogP contribution in [0.1, 0.15) is 39.4 Å². The van der Waals surface area contributed by atoms with E-state index >= 15 is 0 Å². The topological polar surface area (TPSA) is 82.5 Å². The van der Waals surface area contributed by atoms with E-state index in [1.807, 2.05) is 19.1 Å². The SMILES string of the molecule is CCN(C(=O)NC(C)c1ccccn1)C(C)(C)C(=O)O. The second-order valence-electron chi connectivity index (χ2n) is 5.03. The molecular formula is C14H21N3O3. The lowest BCUT2D eigenvalue weighted by Gasteiger charge is -2.34. The maximum atomic E-state index is 12.2. The van der Waals surface area contributed by atoms with Gasteiger partial charge >= 0.3 is 12.0 Å². The number of carboxylic acids is 1. The average molecular weight is 279 g/mol. The Bertz CT molecular complexity index is 474. The Morgan fingerprint density at radius 3 is 2.55 bits per heavy atom. The first-order valence-corrected chi connectivity index (χ1v) is 6.53. The number of rotatable bonds is 5. The van der Waals surface area contributed by atoms with E-state index in [-0.39, 0.29) is 6.04 Å². The number of amides is 2. The summed E-state index contributed by atoms with van der Waals surface area (Å²) in [5.74, 6) is -1.04. The molecule has 20 heavy (non-hydrogen) atoms. The van der Waals surface area contributed by atoms with Crippen LogP contribution in [0.2, 0.25) is 0 Å². The van der Waals surface area contributed by atoms with E-state index in [9.17, 15) is 14.7 Å². The van der Waals surface area contributed by atoms with E-state index in [2.05, 4.69) is 10.3 Å². The third-order valence-corrected chi connectivity index (χ3v) is 3.23. The van der Waals surface area contributed by atoms with Crippen molar-refractivity contribution in [3.05, 3.63) is 30.1 Å². The van der Waals surface area contributed by atoms with Crippen LogP contribution in [0.25, 0.3) is 0 Å². The number of nitrogens with one attached hydrogen (secondary N) is 1. The van der Waals surface area contributed by atoms with Crippen molar-refractivity contribution in [3.63, 3.8) is 0 Å². The number of hydrogen-bond acceptors (Lipinski definition) is 3. The van der Waals surface area contributed by atoms with Crippen LogP contribution < -0.4 is 5.32 Å². The maximum absolute atomic E-state index is 12.2. The molecule has 0 spiro atoms. The van der Waals surface area contributed by atoms with Gasteiger partial charge in [0.05, 0.1) is 11.7 Å². The predicted molar refractivity (Wildman–Crippen MR) is 75.3 cm³/mol. The van der Waals surface area contributed by atoms with Crippen LogP contribution in [0.5, 0.6) is 0 Å². The number of carbonyl (C=O) groups excluding carboxylic acids is 1. The van der Waals surface area contributed by atoms with E-state index < -0.39 is 17.5 Å². The summed E-state index contributed by atoms with van der Waals surface area (Å²) in [4.78, 5) is 28.9. The first-order valence-electron chi connectivity index (χ1n) is 6.53. The molecule has 0 aliphatic rings. The zero-order valence-corrected chi connectivity index (χ0v) is 12.3. The number of likely N-dealkylation sites (N-methyl/N-ethyl adjacent to an activating group) is 1. The summed E-state index contributed by atoms with van der Waals surface area (Å²) < 4.78 is 0. The van der Waals surface area contributed by atoms with Crippen molar-refractivity contribution in [1.82, 2.24) is 15.2 Å². The zero-order chi connectivity index (χ0) is 15.3. The van der Waals surface area contributed by atoms with Crippen LogP contribution in [0, 0.1) is 0 Å². The molecule has 1 unspecified atom stereocenters. The zero-order valence-electron chi connectivity index (χ0n) is 12.3.